The van der Waals surface area contributed by atoms with Crippen molar-refractivity contribution in [3.63, 3.8) is 0 Å². The van der Waals surface area contributed by atoms with Crippen molar-refractivity contribution in [2.75, 3.05) is 11.1 Å². The molecule has 0 aliphatic rings. The van der Waals surface area contributed by atoms with Crippen LogP contribution in [0, 0.1) is 6.07 Å². The van der Waals surface area contributed by atoms with Gasteiger partial charge in [-0.1, -0.05) is 53.8 Å². The first-order chi connectivity index (χ1) is 14.7. The maximum Gasteiger partial charge on any atom is 0.416 e. The molecule has 0 aliphatic carbocycles. The Bertz CT molecular complexity index is 1260. The number of fused-ring (bicyclic) bond motifs is 1. The van der Waals surface area contributed by atoms with Crippen LogP contribution in [0.25, 0.3) is 21.3 Å². The number of benzene rings is 3. The fourth-order valence-electron chi connectivity index (χ4n) is 3.08. The Hall–Kier alpha value is -3.43. The number of nitrogens with two attached hydrogens (primary N) is 1. The Labute approximate surface area is 179 Å². The van der Waals surface area contributed by atoms with E-state index in [4.69, 9.17) is 5.73 Å². The second-order valence-electron chi connectivity index (χ2n) is 6.70. The largest absolute Gasteiger partial charge is 0.416 e. The molecule has 1 radical (unpaired) electrons. The number of nitrogens with one attached hydrogen (secondary N) is 1. The summed E-state index contributed by atoms with van der Waals surface area (Å²) < 4.78 is 40.6. The van der Waals surface area contributed by atoms with Crippen LogP contribution in [0.4, 0.5) is 24.0 Å². The standard InChI is InChI=1S/C22H15F3N3O2S/c23-22(24,25)14-7-8-15(13-6-9-18-17(10-13)28-21(26)31-18)16(11-14)27-20(30)19(29)12-4-2-1-3-5-12/h1-9,11,19,29H,(H2,26,28)(H,27,30). The first kappa shape index (κ1) is 20.8. The zero-order valence-electron chi connectivity index (χ0n) is 15.8. The second-order valence-corrected chi connectivity index (χ2v) is 7.76. The van der Waals surface area contributed by atoms with E-state index in [1.807, 2.05) is 0 Å². The first-order valence-corrected chi connectivity index (χ1v) is 9.88. The first-order valence-electron chi connectivity index (χ1n) is 9.06. The number of anilines is 2. The number of alkyl halides is 3. The molecule has 157 valence electrons. The molecular formula is C22H15F3N3O2S. The Balaban J connectivity index is 1.75. The Morgan fingerprint density at radius 3 is 2.58 bits per heavy atom. The van der Waals surface area contributed by atoms with Crippen LogP contribution in [0.15, 0.2) is 60.7 Å². The van der Waals surface area contributed by atoms with Gasteiger partial charge in [-0.05, 0) is 29.3 Å². The number of hydrogen-bond acceptors (Lipinski definition) is 5. The number of thiazole rings is 1. The molecule has 0 fully saturated rings. The van der Waals surface area contributed by atoms with Crippen LogP contribution in [-0.2, 0) is 11.0 Å². The van der Waals surface area contributed by atoms with E-state index >= 15 is 0 Å². The number of amides is 1. The molecule has 5 nitrogen and oxygen atoms in total. The lowest BCUT2D eigenvalue weighted by Crippen LogP contribution is -2.21. The van der Waals surface area contributed by atoms with Gasteiger partial charge in [0.2, 0.25) is 0 Å². The summed E-state index contributed by atoms with van der Waals surface area (Å²) in [5.74, 6) is -0.856. The van der Waals surface area contributed by atoms with Crippen molar-refractivity contribution in [3.05, 3.63) is 77.9 Å². The van der Waals surface area contributed by atoms with E-state index in [2.05, 4.69) is 16.4 Å². The molecule has 4 rings (SSSR count). The van der Waals surface area contributed by atoms with Crippen molar-refractivity contribution < 1.29 is 23.1 Å². The van der Waals surface area contributed by atoms with Gasteiger partial charge in [-0.15, -0.1) is 0 Å². The van der Waals surface area contributed by atoms with Crippen LogP contribution in [0.2, 0.25) is 0 Å². The highest BCUT2D eigenvalue weighted by molar-refractivity contribution is 7.22. The number of hydrogen-bond donors (Lipinski definition) is 3. The SMILES string of the molecule is Nc1nc2[c]c(-c3ccc(C(F)(F)F)cc3NC(=O)C(O)c3ccccc3)ccc2s1. The average molecular weight is 442 g/mol. The minimum atomic E-state index is -4.60. The summed E-state index contributed by atoms with van der Waals surface area (Å²) in [7, 11) is 0. The molecule has 31 heavy (non-hydrogen) atoms. The van der Waals surface area contributed by atoms with E-state index in [-0.39, 0.29) is 5.69 Å². The zero-order valence-corrected chi connectivity index (χ0v) is 16.6. The zero-order chi connectivity index (χ0) is 22.2. The molecule has 1 atom stereocenters. The van der Waals surface area contributed by atoms with Gasteiger partial charge in [0, 0.05) is 17.3 Å². The van der Waals surface area contributed by atoms with Crippen molar-refractivity contribution in [1.29, 1.82) is 0 Å². The molecule has 1 aromatic heterocycles. The lowest BCUT2D eigenvalue weighted by atomic mass is 10.00. The Morgan fingerprint density at radius 1 is 1.13 bits per heavy atom. The molecule has 0 aliphatic heterocycles. The van der Waals surface area contributed by atoms with E-state index in [1.54, 1.807) is 42.5 Å². The molecule has 0 saturated carbocycles. The van der Waals surface area contributed by atoms with Gasteiger partial charge < -0.3 is 16.2 Å². The molecule has 3 aromatic carbocycles. The monoisotopic (exact) mass is 442 g/mol. The highest BCUT2D eigenvalue weighted by Gasteiger charge is 2.31. The molecule has 4 N–H and O–H groups in total. The van der Waals surface area contributed by atoms with Crippen molar-refractivity contribution in [3.8, 4) is 11.1 Å². The molecule has 1 amide bonds. The fourth-order valence-corrected chi connectivity index (χ4v) is 3.78. The van der Waals surface area contributed by atoms with Crippen LogP contribution in [-0.4, -0.2) is 16.0 Å². The minimum absolute atomic E-state index is 0.103. The third-order valence-corrected chi connectivity index (χ3v) is 5.43. The van der Waals surface area contributed by atoms with E-state index in [0.29, 0.717) is 27.3 Å². The smallest absolute Gasteiger partial charge is 0.378 e. The maximum atomic E-state index is 13.3. The topological polar surface area (TPSA) is 88.2 Å². The predicted octanol–water partition coefficient (Wildman–Crippen LogP) is 5.04. The van der Waals surface area contributed by atoms with Gasteiger partial charge in [0.05, 0.1) is 15.8 Å². The van der Waals surface area contributed by atoms with Gasteiger partial charge in [0.15, 0.2) is 11.2 Å². The van der Waals surface area contributed by atoms with Gasteiger partial charge in [0.1, 0.15) is 0 Å². The summed E-state index contributed by atoms with van der Waals surface area (Å²) in [6.45, 7) is 0. The van der Waals surface area contributed by atoms with Gasteiger partial charge in [-0.2, -0.15) is 13.2 Å². The van der Waals surface area contributed by atoms with E-state index in [0.717, 1.165) is 16.8 Å². The number of aromatic nitrogens is 1. The van der Waals surface area contributed by atoms with Gasteiger partial charge >= 0.3 is 6.18 Å². The number of aliphatic hydroxyl groups is 1. The summed E-state index contributed by atoms with van der Waals surface area (Å²) in [5.41, 5.74) is 6.20. The van der Waals surface area contributed by atoms with Crippen LogP contribution in [0.1, 0.15) is 17.2 Å². The van der Waals surface area contributed by atoms with Crippen LogP contribution in [0.5, 0.6) is 0 Å². The van der Waals surface area contributed by atoms with Crippen molar-refractivity contribution >= 4 is 38.3 Å². The van der Waals surface area contributed by atoms with Crippen LogP contribution >= 0.6 is 11.3 Å². The van der Waals surface area contributed by atoms with Crippen molar-refractivity contribution in [2.24, 2.45) is 0 Å². The predicted molar refractivity (Wildman–Crippen MR) is 113 cm³/mol. The summed E-state index contributed by atoms with van der Waals surface area (Å²) in [4.78, 5) is 16.7. The molecule has 0 saturated heterocycles. The van der Waals surface area contributed by atoms with Crippen LogP contribution < -0.4 is 11.1 Å². The van der Waals surface area contributed by atoms with E-state index in [9.17, 15) is 23.1 Å². The molecule has 0 spiro atoms. The highest BCUT2D eigenvalue weighted by Crippen LogP contribution is 2.37. The summed E-state index contributed by atoms with van der Waals surface area (Å²) in [6.07, 6.45) is -6.15. The van der Waals surface area contributed by atoms with Crippen molar-refractivity contribution in [1.82, 2.24) is 4.98 Å². The van der Waals surface area contributed by atoms with Crippen molar-refractivity contribution in [2.45, 2.75) is 12.3 Å². The number of carbonyl (C=O) groups excluding carboxylic acids is 1. The normalized spacial score (nSPS) is 12.6. The summed E-state index contributed by atoms with van der Waals surface area (Å²) >= 11 is 1.26. The van der Waals surface area contributed by atoms with Gasteiger partial charge in [-0.3, -0.25) is 4.79 Å². The van der Waals surface area contributed by atoms with E-state index in [1.165, 1.54) is 17.4 Å². The lowest BCUT2D eigenvalue weighted by Gasteiger charge is -2.17. The number of rotatable bonds is 4. The molecule has 1 heterocycles. The van der Waals surface area contributed by atoms with Gasteiger partial charge in [0.25, 0.3) is 5.91 Å². The third kappa shape index (κ3) is 4.37. The Kier molecular flexibility index (Phi) is 5.38. The average Bonchev–Trinajstić information content (AvgIpc) is 3.12. The van der Waals surface area contributed by atoms with Gasteiger partial charge in [-0.25, -0.2) is 4.98 Å². The molecule has 9 heteroatoms. The molecule has 4 aromatic rings. The third-order valence-electron chi connectivity index (χ3n) is 4.58. The summed E-state index contributed by atoms with van der Waals surface area (Å²) in [6, 6.07) is 17.5. The number of carbonyl (C=O) groups is 1. The van der Waals surface area contributed by atoms with Crippen LogP contribution in [0.3, 0.4) is 0 Å². The number of aliphatic hydroxyl groups excluding tert-OH is 1. The van der Waals surface area contributed by atoms with E-state index < -0.39 is 23.8 Å². The maximum absolute atomic E-state index is 13.3. The number of nitrogen functional groups attached to an aromatic ring is 1. The summed E-state index contributed by atoms with van der Waals surface area (Å²) in [5, 5.41) is 13.1. The second kappa shape index (κ2) is 8.01. The highest BCUT2D eigenvalue weighted by atomic mass is 32.1. The molecule has 1 unspecified atom stereocenters. The Morgan fingerprint density at radius 2 is 1.87 bits per heavy atom. The molecule has 0 bridgehead atoms. The quantitative estimate of drug-likeness (QED) is 0.413. The lowest BCUT2D eigenvalue weighted by molar-refractivity contribution is -0.137. The number of halogens is 3. The molecular weight excluding hydrogens is 427 g/mol. The minimum Gasteiger partial charge on any atom is -0.378 e. The number of nitrogens with zero attached hydrogens (tertiary/aromatic N) is 1. The fraction of sp³-hybridized carbons (Fsp3) is 0.0909.